The van der Waals surface area contributed by atoms with Crippen LogP contribution in [0.5, 0.6) is 0 Å². The quantitative estimate of drug-likeness (QED) is 0.571. The molecule has 1 heterocycles. The van der Waals surface area contributed by atoms with Crippen LogP contribution in [0.4, 0.5) is 0 Å². The molecule has 1 aromatic rings. The molecule has 90 valence electrons. The lowest BCUT2D eigenvalue weighted by atomic mass is 10.3. The maximum atomic E-state index is 11.7. The number of methoxy groups -OCH3 is 1. The predicted molar refractivity (Wildman–Crippen MR) is 70.7 cm³/mol. The smallest absolute Gasteiger partial charge is 0.186 e. The Hall–Kier alpha value is -0.0400. The van der Waals surface area contributed by atoms with E-state index in [1.54, 1.807) is 7.11 Å². The summed E-state index contributed by atoms with van der Waals surface area (Å²) in [6.45, 7) is 0.586. The van der Waals surface area contributed by atoms with Gasteiger partial charge in [-0.05, 0) is 33.8 Å². The van der Waals surface area contributed by atoms with Crippen molar-refractivity contribution in [1.29, 1.82) is 0 Å². The molecule has 0 saturated carbocycles. The Morgan fingerprint density at radius 2 is 2.38 bits per heavy atom. The number of Topliss-reactive ketones (excluding diaryl/α,β-unsaturated/α-hetero) is 1. The molecule has 1 unspecified atom stereocenters. The zero-order valence-electron chi connectivity index (χ0n) is 8.90. The van der Waals surface area contributed by atoms with Gasteiger partial charge in [-0.2, -0.15) is 0 Å². The molecule has 6 heteroatoms. The molecule has 16 heavy (non-hydrogen) atoms. The van der Waals surface area contributed by atoms with Crippen molar-refractivity contribution >= 4 is 43.8 Å². The summed E-state index contributed by atoms with van der Waals surface area (Å²) >= 11 is 4.66. The zero-order valence-corrected chi connectivity index (χ0v) is 12.1. The van der Waals surface area contributed by atoms with Gasteiger partial charge in [-0.1, -0.05) is 0 Å². The van der Waals surface area contributed by atoms with E-state index in [-0.39, 0.29) is 11.5 Å². The Labute approximate surface area is 110 Å². The van der Waals surface area contributed by atoms with Gasteiger partial charge in [0.15, 0.2) is 5.78 Å². The highest BCUT2D eigenvalue weighted by Gasteiger charge is 2.14. The molecule has 1 rings (SSSR count). The highest BCUT2D eigenvalue weighted by molar-refractivity contribution is 9.10. The van der Waals surface area contributed by atoms with Crippen LogP contribution in [0.2, 0.25) is 0 Å². The summed E-state index contributed by atoms with van der Waals surface area (Å²) in [4.78, 5) is 12.4. The molecule has 1 atom stereocenters. The average Bonchev–Trinajstić information content (AvgIpc) is 2.65. The maximum Gasteiger partial charge on any atom is 0.186 e. The molecule has 0 N–H and O–H groups in total. The third-order valence-corrected chi connectivity index (χ3v) is 5.09. The van der Waals surface area contributed by atoms with Gasteiger partial charge >= 0.3 is 0 Å². The number of halogens is 1. The fraction of sp³-hybridized carbons (Fsp3) is 0.500. The second kappa shape index (κ2) is 7.32. The van der Waals surface area contributed by atoms with E-state index in [0.717, 1.165) is 10.9 Å². The number of carbonyl (C=O) groups excluding carboxylic acids is 1. The van der Waals surface area contributed by atoms with Crippen molar-refractivity contribution in [3.63, 3.8) is 0 Å². The Morgan fingerprint density at radius 1 is 1.62 bits per heavy atom. The average molecular weight is 325 g/mol. The van der Waals surface area contributed by atoms with Crippen molar-refractivity contribution in [2.24, 2.45) is 0 Å². The summed E-state index contributed by atoms with van der Waals surface area (Å²) < 4.78 is 17.2. The molecule has 0 aromatic carbocycles. The van der Waals surface area contributed by atoms with Crippen molar-refractivity contribution in [2.45, 2.75) is 6.42 Å². The highest BCUT2D eigenvalue weighted by Crippen LogP contribution is 2.23. The summed E-state index contributed by atoms with van der Waals surface area (Å²) in [6.07, 6.45) is 0.724. The van der Waals surface area contributed by atoms with Crippen LogP contribution in [-0.4, -0.2) is 35.2 Å². The van der Waals surface area contributed by atoms with Crippen LogP contribution in [0.1, 0.15) is 16.1 Å². The van der Waals surface area contributed by atoms with Gasteiger partial charge in [0, 0.05) is 34.7 Å². The van der Waals surface area contributed by atoms with E-state index in [1.165, 1.54) is 11.3 Å². The van der Waals surface area contributed by atoms with E-state index in [4.69, 9.17) is 4.74 Å². The standard InChI is InChI=1S/C10H13BrO3S2/c1-14-4-2-6-16(13)7-9(12)10-8(11)3-5-15-10/h3,5H,2,4,6-7H2,1H3. The van der Waals surface area contributed by atoms with Crippen LogP contribution >= 0.6 is 27.3 Å². The maximum absolute atomic E-state index is 11.7. The van der Waals surface area contributed by atoms with Gasteiger partial charge in [0.1, 0.15) is 0 Å². The van der Waals surface area contributed by atoms with Gasteiger partial charge in [-0.25, -0.2) is 0 Å². The molecule has 0 fully saturated rings. The normalized spacial score (nSPS) is 12.6. The number of carbonyl (C=O) groups is 1. The second-order valence-electron chi connectivity index (χ2n) is 3.16. The first kappa shape index (κ1) is 14.0. The molecule has 0 saturated heterocycles. The number of hydrogen-bond donors (Lipinski definition) is 0. The molecule has 0 aliphatic heterocycles. The SMILES string of the molecule is COCCCS(=O)CC(=O)c1sccc1Br. The van der Waals surface area contributed by atoms with E-state index in [1.807, 2.05) is 11.4 Å². The van der Waals surface area contributed by atoms with Crippen LogP contribution in [0.15, 0.2) is 15.9 Å². The monoisotopic (exact) mass is 324 g/mol. The highest BCUT2D eigenvalue weighted by atomic mass is 79.9. The van der Waals surface area contributed by atoms with Crippen LogP contribution < -0.4 is 0 Å². The Morgan fingerprint density at radius 3 is 2.94 bits per heavy atom. The molecule has 0 aliphatic rings. The molecular weight excluding hydrogens is 312 g/mol. The van der Waals surface area contributed by atoms with Crippen LogP contribution in [-0.2, 0) is 15.5 Å². The largest absolute Gasteiger partial charge is 0.385 e. The van der Waals surface area contributed by atoms with Crippen LogP contribution in [0.25, 0.3) is 0 Å². The first-order valence-electron chi connectivity index (χ1n) is 4.75. The van der Waals surface area contributed by atoms with Crippen molar-refractivity contribution in [2.75, 3.05) is 25.2 Å². The molecular formula is C10H13BrO3S2. The molecule has 3 nitrogen and oxygen atoms in total. The summed E-state index contributed by atoms with van der Waals surface area (Å²) in [6, 6.07) is 1.83. The number of ether oxygens (including phenoxy) is 1. The van der Waals surface area contributed by atoms with Crippen LogP contribution in [0, 0.1) is 0 Å². The van der Waals surface area contributed by atoms with Gasteiger partial charge in [-0.15, -0.1) is 11.3 Å². The topological polar surface area (TPSA) is 43.4 Å². The molecule has 1 aromatic heterocycles. The second-order valence-corrected chi connectivity index (χ2v) is 6.50. The fourth-order valence-corrected chi connectivity index (χ4v) is 3.79. The molecule has 0 spiro atoms. The predicted octanol–water partition coefficient (Wildman–Crippen LogP) is 2.48. The first-order chi connectivity index (χ1) is 7.65. The lowest BCUT2D eigenvalue weighted by molar-refractivity contribution is 0.102. The number of ketones is 1. The molecule has 0 aliphatic carbocycles. The van der Waals surface area contributed by atoms with Gasteiger partial charge in [-0.3, -0.25) is 9.00 Å². The third kappa shape index (κ3) is 4.45. The Kier molecular flexibility index (Phi) is 6.41. The van der Waals surface area contributed by atoms with Gasteiger partial charge in [0.25, 0.3) is 0 Å². The lowest BCUT2D eigenvalue weighted by Crippen LogP contribution is -2.13. The van der Waals surface area contributed by atoms with Crippen molar-refractivity contribution in [1.82, 2.24) is 0 Å². The van der Waals surface area contributed by atoms with E-state index in [9.17, 15) is 9.00 Å². The van der Waals surface area contributed by atoms with Gasteiger partial charge in [0.05, 0.1) is 10.6 Å². The molecule has 0 amide bonds. The van der Waals surface area contributed by atoms with Gasteiger partial charge < -0.3 is 4.74 Å². The Balaban J connectivity index is 2.40. The zero-order chi connectivity index (χ0) is 12.0. The summed E-state index contributed by atoms with van der Waals surface area (Å²) in [5, 5.41) is 1.84. The summed E-state index contributed by atoms with van der Waals surface area (Å²) in [7, 11) is 0.520. The fourth-order valence-electron chi connectivity index (χ4n) is 1.14. The third-order valence-electron chi connectivity index (χ3n) is 1.88. The Bertz CT molecular complexity index is 376. The van der Waals surface area contributed by atoms with Crippen LogP contribution in [0.3, 0.4) is 0 Å². The minimum atomic E-state index is -1.09. The van der Waals surface area contributed by atoms with Crippen molar-refractivity contribution in [3.8, 4) is 0 Å². The number of rotatable bonds is 7. The first-order valence-corrected chi connectivity index (χ1v) is 7.91. The molecule has 0 radical (unpaired) electrons. The molecule has 0 bridgehead atoms. The van der Waals surface area contributed by atoms with E-state index in [0.29, 0.717) is 17.2 Å². The van der Waals surface area contributed by atoms with E-state index in [2.05, 4.69) is 15.9 Å². The number of thiophene rings is 1. The van der Waals surface area contributed by atoms with E-state index < -0.39 is 10.8 Å². The summed E-state index contributed by atoms with van der Waals surface area (Å²) in [5.74, 6) is 0.559. The summed E-state index contributed by atoms with van der Waals surface area (Å²) in [5.41, 5.74) is 0. The minimum absolute atomic E-state index is 0.0578. The van der Waals surface area contributed by atoms with Crippen molar-refractivity contribution in [3.05, 3.63) is 20.8 Å². The lowest BCUT2D eigenvalue weighted by Gasteiger charge is -2.01. The van der Waals surface area contributed by atoms with Crippen molar-refractivity contribution < 1.29 is 13.7 Å². The van der Waals surface area contributed by atoms with Gasteiger partial charge in [0.2, 0.25) is 0 Å². The van der Waals surface area contributed by atoms with E-state index >= 15 is 0 Å². The minimum Gasteiger partial charge on any atom is -0.385 e. The number of hydrogen-bond acceptors (Lipinski definition) is 4.